The number of nitrogens with one attached hydrogen (secondary N) is 1. The van der Waals surface area contributed by atoms with E-state index in [1.54, 1.807) is 6.92 Å². The number of aromatic nitrogens is 2. The van der Waals surface area contributed by atoms with Gasteiger partial charge in [-0.05, 0) is 18.2 Å². The minimum absolute atomic E-state index is 0.366. The van der Waals surface area contributed by atoms with Crippen LogP contribution in [0.1, 0.15) is 17.3 Å². The molecule has 0 saturated heterocycles. The number of rotatable bonds is 5. The van der Waals surface area contributed by atoms with Gasteiger partial charge >= 0.3 is 0 Å². The average molecular weight is 341 g/mol. The van der Waals surface area contributed by atoms with E-state index in [1.165, 1.54) is 0 Å². The normalized spacial score (nSPS) is 10.4. The topological polar surface area (TPSA) is 77.0 Å². The molecule has 0 unspecified atom stereocenters. The maximum absolute atomic E-state index is 5.69. The third-order valence-corrected chi connectivity index (χ3v) is 3.19. The fourth-order valence-corrected chi connectivity index (χ4v) is 2.17. The van der Waals surface area contributed by atoms with Crippen LogP contribution in [0.4, 0.5) is 5.69 Å². The van der Waals surface area contributed by atoms with Crippen molar-refractivity contribution in [3.05, 3.63) is 40.0 Å². The smallest absolute Gasteiger partial charge is 0.223 e. The van der Waals surface area contributed by atoms with Crippen molar-refractivity contribution in [3.8, 4) is 0 Å². The summed E-state index contributed by atoms with van der Waals surface area (Å²) in [4.78, 5) is 4.51. The highest BCUT2D eigenvalue weighted by atomic mass is 79.9. The van der Waals surface area contributed by atoms with E-state index >= 15 is 0 Å². The lowest BCUT2D eigenvalue weighted by molar-refractivity contribution is 0.387. The Kier molecular flexibility index (Phi) is 4.49. The first-order valence-electron chi connectivity index (χ1n) is 5.68. The number of halogens is 1. The van der Waals surface area contributed by atoms with Gasteiger partial charge in [0.2, 0.25) is 5.89 Å². The van der Waals surface area contributed by atoms with E-state index < -0.39 is 0 Å². The van der Waals surface area contributed by atoms with Crippen LogP contribution in [0.3, 0.4) is 0 Å². The molecular formula is C12H13BrN4OS. The van der Waals surface area contributed by atoms with Gasteiger partial charge in [-0.25, -0.2) is 0 Å². The van der Waals surface area contributed by atoms with E-state index in [0.29, 0.717) is 29.7 Å². The molecule has 0 radical (unpaired) electrons. The van der Waals surface area contributed by atoms with Gasteiger partial charge in [0, 0.05) is 35.6 Å². The van der Waals surface area contributed by atoms with Crippen LogP contribution in [-0.4, -0.2) is 21.7 Å². The largest absolute Gasteiger partial charge is 0.389 e. The highest BCUT2D eigenvalue weighted by molar-refractivity contribution is 9.10. The molecule has 1 aromatic heterocycles. The van der Waals surface area contributed by atoms with Crippen LogP contribution in [-0.2, 0) is 6.42 Å². The van der Waals surface area contributed by atoms with Gasteiger partial charge in [0.05, 0.1) is 0 Å². The van der Waals surface area contributed by atoms with Crippen molar-refractivity contribution in [3.63, 3.8) is 0 Å². The van der Waals surface area contributed by atoms with Crippen LogP contribution in [0.15, 0.2) is 27.2 Å². The maximum atomic E-state index is 5.69. The third kappa shape index (κ3) is 3.74. The van der Waals surface area contributed by atoms with Crippen LogP contribution in [0, 0.1) is 6.92 Å². The highest BCUT2D eigenvalue weighted by Crippen LogP contribution is 2.21. The summed E-state index contributed by atoms with van der Waals surface area (Å²) < 4.78 is 5.87. The Morgan fingerprint density at radius 3 is 2.95 bits per heavy atom. The first kappa shape index (κ1) is 14.0. The van der Waals surface area contributed by atoms with Crippen molar-refractivity contribution in [2.75, 3.05) is 11.9 Å². The summed E-state index contributed by atoms with van der Waals surface area (Å²) in [5.41, 5.74) is 7.40. The number of hydrogen-bond donors (Lipinski definition) is 2. The van der Waals surface area contributed by atoms with Crippen molar-refractivity contribution in [2.24, 2.45) is 5.73 Å². The zero-order chi connectivity index (χ0) is 13.8. The molecule has 0 bridgehead atoms. The number of nitrogens with zero attached hydrogens (tertiary/aromatic N) is 2. The fraction of sp³-hybridized carbons (Fsp3) is 0.250. The Hall–Kier alpha value is -1.47. The average Bonchev–Trinajstić information content (AvgIpc) is 2.75. The van der Waals surface area contributed by atoms with Gasteiger partial charge in [-0.3, -0.25) is 0 Å². The second-order valence-corrected chi connectivity index (χ2v) is 5.32. The molecule has 0 atom stereocenters. The number of anilines is 1. The number of nitrogens with two attached hydrogens (primary N) is 1. The zero-order valence-corrected chi connectivity index (χ0v) is 12.7. The molecule has 0 amide bonds. The van der Waals surface area contributed by atoms with Crippen LogP contribution in [0.2, 0.25) is 0 Å². The summed E-state index contributed by atoms with van der Waals surface area (Å²) >= 11 is 8.44. The minimum atomic E-state index is 0.366. The van der Waals surface area contributed by atoms with E-state index in [4.69, 9.17) is 22.5 Å². The third-order valence-electron chi connectivity index (χ3n) is 2.48. The lowest BCUT2D eigenvalue weighted by Crippen LogP contribution is -2.14. The molecule has 100 valence electrons. The van der Waals surface area contributed by atoms with Gasteiger partial charge in [0.1, 0.15) is 4.99 Å². The molecule has 0 saturated carbocycles. The quantitative estimate of drug-likeness (QED) is 0.814. The molecule has 2 rings (SSSR count). The maximum Gasteiger partial charge on any atom is 0.223 e. The number of benzene rings is 1. The molecule has 5 nitrogen and oxygen atoms in total. The number of thiocarbonyl (C=S) groups is 1. The van der Waals surface area contributed by atoms with Gasteiger partial charge in [-0.2, -0.15) is 4.98 Å². The second kappa shape index (κ2) is 6.12. The summed E-state index contributed by atoms with van der Waals surface area (Å²) in [6.07, 6.45) is 0.667. The summed E-state index contributed by atoms with van der Waals surface area (Å²) in [5.74, 6) is 1.25. The van der Waals surface area contributed by atoms with E-state index in [2.05, 4.69) is 31.4 Å². The monoisotopic (exact) mass is 340 g/mol. The molecule has 0 aliphatic carbocycles. The number of aryl methyl sites for hydroxylation is 1. The van der Waals surface area contributed by atoms with E-state index in [9.17, 15) is 0 Å². The lowest BCUT2D eigenvalue weighted by Gasteiger charge is -2.10. The van der Waals surface area contributed by atoms with Crippen molar-refractivity contribution in [1.29, 1.82) is 0 Å². The Labute approximate surface area is 124 Å². The Bertz CT molecular complexity index is 599. The first-order valence-corrected chi connectivity index (χ1v) is 6.89. The molecule has 0 fully saturated rings. The van der Waals surface area contributed by atoms with E-state index in [-0.39, 0.29) is 0 Å². The van der Waals surface area contributed by atoms with Gasteiger partial charge in [0.25, 0.3) is 0 Å². The zero-order valence-electron chi connectivity index (χ0n) is 10.3. The highest BCUT2D eigenvalue weighted by Gasteiger charge is 2.07. The number of hydrogen-bond acceptors (Lipinski definition) is 5. The molecule has 0 spiro atoms. The Morgan fingerprint density at radius 1 is 1.53 bits per heavy atom. The molecule has 0 aliphatic heterocycles. The Morgan fingerprint density at radius 2 is 2.32 bits per heavy atom. The summed E-state index contributed by atoms with van der Waals surface area (Å²) in [5, 5.41) is 7.11. The minimum Gasteiger partial charge on any atom is -0.389 e. The van der Waals surface area contributed by atoms with Gasteiger partial charge < -0.3 is 15.6 Å². The lowest BCUT2D eigenvalue weighted by atomic mass is 10.1. The molecule has 19 heavy (non-hydrogen) atoms. The summed E-state index contributed by atoms with van der Waals surface area (Å²) in [7, 11) is 0. The van der Waals surface area contributed by atoms with Crippen molar-refractivity contribution >= 4 is 38.8 Å². The molecule has 0 aliphatic rings. The molecule has 1 heterocycles. The molecule has 7 heteroatoms. The van der Waals surface area contributed by atoms with Gasteiger partial charge in [-0.15, -0.1) is 0 Å². The molecule has 3 N–H and O–H groups in total. The first-order chi connectivity index (χ1) is 9.06. The van der Waals surface area contributed by atoms with Crippen LogP contribution < -0.4 is 11.1 Å². The van der Waals surface area contributed by atoms with E-state index in [1.807, 2.05) is 18.2 Å². The standard InChI is InChI=1S/C12H13BrN4OS/c1-7-16-11(17-18-7)4-5-15-10-6-8(13)2-3-9(10)12(14)19/h2-3,6,15H,4-5H2,1H3,(H2,14,19). The van der Waals surface area contributed by atoms with Gasteiger partial charge in [-0.1, -0.05) is 33.3 Å². The Balaban J connectivity index is 2.02. The molecule has 2 aromatic rings. The fourth-order valence-electron chi connectivity index (χ4n) is 1.63. The molecule has 1 aromatic carbocycles. The van der Waals surface area contributed by atoms with Crippen LogP contribution in [0.5, 0.6) is 0 Å². The summed E-state index contributed by atoms with van der Waals surface area (Å²) in [6.45, 7) is 2.44. The van der Waals surface area contributed by atoms with Gasteiger partial charge in [0.15, 0.2) is 5.82 Å². The predicted molar refractivity (Wildman–Crippen MR) is 81.3 cm³/mol. The predicted octanol–water partition coefficient (Wildman–Crippen LogP) is 2.43. The SMILES string of the molecule is Cc1nc(CCNc2cc(Br)ccc2C(N)=S)no1. The van der Waals surface area contributed by atoms with Crippen LogP contribution in [0.25, 0.3) is 0 Å². The van der Waals surface area contributed by atoms with Crippen molar-refractivity contribution in [1.82, 2.24) is 10.1 Å². The van der Waals surface area contributed by atoms with E-state index in [0.717, 1.165) is 15.7 Å². The second-order valence-electron chi connectivity index (χ2n) is 3.96. The van der Waals surface area contributed by atoms with Crippen molar-refractivity contribution in [2.45, 2.75) is 13.3 Å². The molecular weight excluding hydrogens is 328 g/mol. The van der Waals surface area contributed by atoms with Crippen molar-refractivity contribution < 1.29 is 4.52 Å². The summed E-state index contributed by atoms with van der Waals surface area (Å²) in [6, 6.07) is 5.73. The van der Waals surface area contributed by atoms with Crippen LogP contribution >= 0.6 is 28.1 Å².